The fourth-order valence-electron chi connectivity index (χ4n) is 3.90. The van der Waals surface area contributed by atoms with Gasteiger partial charge in [0.15, 0.2) is 18.2 Å². The summed E-state index contributed by atoms with van der Waals surface area (Å²) in [7, 11) is 1.59. The maximum Gasteiger partial charge on any atom is 0.266 e. The smallest absolute Gasteiger partial charge is 0.266 e. The summed E-state index contributed by atoms with van der Waals surface area (Å²) in [5.41, 5.74) is 7.69. The molecule has 3 N–H and O–H groups in total. The zero-order valence-corrected chi connectivity index (χ0v) is 16.9. The van der Waals surface area contributed by atoms with Gasteiger partial charge >= 0.3 is 0 Å². The van der Waals surface area contributed by atoms with Gasteiger partial charge in [-0.1, -0.05) is 30.3 Å². The van der Waals surface area contributed by atoms with Crippen LogP contribution in [0.5, 0.6) is 5.75 Å². The molecule has 30 heavy (non-hydrogen) atoms. The van der Waals surface area contributed by atoms with Gasteiger partial charge in [0.1, 0.15) is 5.75 Å². The van der Waals surface area contributed by atoms with Crippen molar-refractivity contribution in [1.82, 2.24) is 10.2 Å². The molecule has 2 heterocycles. The molecular formula is C22H24F2N4O2. The molecule has 2 aliphatic heterocycles. The Balaban J connectivity index is 1.83. The second kappa shape index (κ2) is 7.68. The number of hydrogen-bond donors (Lipinski definition) is 2. The summed E-state index contributed by atoms with van der Waals surface area (Å²) in [5, 5.41) is 3.25. The Morgan fingerprint density at radius 2 is 2.03 bits per heavy atom. The number of nitrogens with zero attached hydrogens (tertiary/aromatic N) is 2. The Labute approximate surface area is 173 Å². The summed E-state index contributed by atoms with van der Waals surface area (Å²) in [6, 6.07) is 12.7. The minimum atomic E-state index is -2.04. The fraction of sp³-hybridized carbons (Fsp3) is 0.364. The second-order valence-corrected chi connectivity index (χ2v) is 7.69. The molecule has 8 heteroatoms. The zero-order valence-electron chi connectivity index (χ0n) is 16.9. The topological polar surface area (TPSA) is 80.0 Å². The Kier molecular flexibility index (Phi) is 5.19. The van der Waals surface area contributed by atoms with Gasteiger partial charge in [0, 0.05) is 26.1 Å². The van der Waals surface area contributed by atoms with Gasteiger partial charge in [-0.2, -0.15) is 4.39 Å². The highest BCUT2D eigenvalue weighted by molar-refractivity contribution is 6.09. The number of benzene rings is 2. The Morgan fingerprint density at radius 3 is 2.60 bits per heavy atom. The van der Waals surface area contributed by atoms with Crippen molar-refractivity contribution in [2.45, 2.75) is 24.7 Å². The number of nitrogens with two attached hydrogens (primary N) is 1. The van der Waals surface area contributed by atoms with E-state index in [4.69, 9.17) is 10.5 Å². The third-order valence-electron chi connectivity index (χ3n) is 5.77. The van der Waals surface area contributed by atoms with E-state index < -0.39 is 18.6 Å². The van der Waals surface area contributed by atoms with Crippen molar-refractivity contribution in [2.24, 2.45) is 10.7 Å². The van der Waals surface area contributed by atoms with Crippen LogP contribution in [0.1, 0.15) is 28.2 Å². The van der Waals surface area contributed by atoms with Crippen LogP contribution in [0, 0.1) is 6.92 Å². The van der Waals surface area contributed by atoms with Crippen LogP contribution in [0.25, 0.3) is 0 Å². The number of nitrogens with one attached hydrogen (secondary N) is 1. The molecule has 0 saturated carbocycles. The summed E-state index contributed by atoms with van der Waals surface area (Å²) in [5.74, 6) is 0.445. The van der Waals surface area contributed by atoms with E-state index in [0.29, 0.717) is 22.6 Å². The van der Waals surface area contributed by atoms with E-state index in [2.05, 4.69) is 10.3 Å². The van der Waals surface area contributed by atoms with Gasteiger partial charge in [-0.3, -0.25) is 9.69 Å². The Bertz CT molecular complexity index is 1010. The average molecular weight is 414 g/mol. The molecule has 0 aromatic heterocycles. The first kappa shape index (κ1) is 20.3. The van der Waals surface area contributed by atoms with Crippen molar-refractivity contribution >= 4 is 11.9 Å². The predicted molar refractivity (Wildman–Crippen MR) is 110 cm³/mol. The SMILES string of the molecule is Cc1cc(C2(c3cccc(C4CNC4)c3)N=C(N)N(C)C2=O)ccc1OC(F)CF. The summed E-state index contributed by atoms with van der Waals surface area (Å²) >= 11 is 0. The fourth-order valence-corrected chi connectivity index (χ4v) is 3.90. The van der Waals surface area contributed by atoms with Gasteiger partial charge in [-0.15, -0.1) is 0 Å². The Morgan fingerprint density at radius 1 is 1.30 bits per heavy atom. The lowest BCUT2D eigenvalue weighted by molar-refractivity contribution is -0.129. The first-order valence-electron chi connectivity index (χ1n) is 9.79. The van der Waals surface area contributed by atoms with Crippen molar-refractivity contribution in [2.75, 3.05) is 26.8 Å². The van der Waals surface area contributed by atoms with E-state index in [0.717, 1.165) is 18.7 Å². The monoisotopic (exact) mass is 414 g/mol. The van der Waals surface area contributed by atoms with Crippen LogP contribution in [-0.2, 0) is 10.3 Å². The first-order valence-corrected chi connectivity index (χ1v) is 9.79. The minimum Gasteiger partial charge on any atom is -0.457 e. The first-order chi connectivity index (χ1) is 14.4. The maximum absolute atomic E-state index is 13.4. The van der Waals surface area contributed by atoms with E-state index >= 15 is 0 Å². The predicted octanol–water partition coefficient (Wildman–Crippen LogP) is 2.36. The van der Waals surface area contributed by atoms with Crippen molar-refractivity contribution in [3.8, 4) is 5.75 Å². The number of carbonyl (C=O) groups is 1. The normalized spacial score (nSPS) is 22.6. The second-order valence-electron chi connectivity index (χ2n) is 7.69. The van der Waals surface area contributed by atoms with Crippen LogP contribution >= 0.6 is 0 Å². The van der Waals surface area contributed by atoms with Gasteiger partial charge in [0.05, 0.1) is 0 Å². The van der Waals surface area contributed by atoms with E-state index in [1.807, 2.05) is 24.3 Å². The molecule has 158 valence electrons. The molecule has 1 fully saturated rings. The highest BCUT2D eigenvalue weighted by Gasteiger charge is 2.49. The van der Waals surface area contributed by atoms with Crippen LogP contribution in [0.4, 0.5) is 8.78 Å². The highest BCUT2D eigenvalue weighted by atomic mass is 19.2. The third-order valence-corrected chi connectivity index (χ3v) is 5.77. The van der Waals surface area contributed by atoms with Gasteiger partial charge in [0.2, 0.25) is 0 Å². The molecule has 1 amide bonds. The van der Waals surface area contributed by atoms with Crippen LogP contribution in [0.15, 0.2) is 47.5 Å². The quantitative estimate of drug-likeness (QED) is 0.761. The summed E-state index contributed by atoms with van der Waals surface area (Å²) < 4.78 is 30.8. The lowest BCUT2D eigenvalue weighted by Crippen LogP contribution is -2.42. The van der Waals surface area contributed by atoms with Crippen molar-refractivity contribution in [3.63, 3.8) is 0 Å². The molecule has 2 unspecified atom stereocenters. The number of amides is 1. The van der Waals surface area contributed by atoms with Crippen molar-refractivity contribution in [1.29, 1.82) is 0 Å². The molecule has 2 aliphatic rings. The van der Waals surface area contributed by atoms with Gasteiger partial charge < -0.3 is 15.8 Å². The number of aryl methyl sites for hydroxylation is 1. The molecule has 2 atom stereocenters. The minimum absolute atomic E-state index is 0.120. The number of rotatable bonds is 6. The van der Waals surface area contributed by atoms with Gasteiger partial charge in [-0.25, -0.2) is 9.38 Å². The zero-order chi connectivity index (χ0) is 21.5. The molecule has 0 radical (unpaired) electrons. The largest absolute Gasteiger partial charge is 0.457 e. The van der Waals surface area contributed by atoms with Crippen LogP contribution in [-0.4, -0.2) is 49.9 Å². The molecule has 6 nitrogen and oxygen atoms in total. The number of hydrogen-bond acceptors (Lipinski definition) is 5. The molecule has 0 bridgehead atoms. The molecule has 2 aromatic carbocycles. The maximum atomic E-state index is 13.4. The van der Waals surface area contributed by atoms with Crippen LogP contribution in [0.3, 0.4) is 0 Å². The lowest BCUT2D eigenvalue weighted by Gasteiger charge is -2.30. The molecular weight excluding hydrogens is 390 g/mol. The number of carbonyl (C=O) groups excluding carboxylic acids is 1. The number of alkyl halides is 2. The summed E-state index contributed by atoms with van der Waals surface area (Å²) in [4.78, 5) is 19.3. The molecule has 0 spiro atoms. The Hall–Kier alpha value is -3.00. The lowest BCUT2D eigenvalue weighted by atomic mass is 9.80. The molecule has 1 saturated heterocycles. The summed E-state index contributed by atoms with van der Waals surface area (Å²) in [6.45, 7) is 2.25. The third kappa shape index (κ3) is 3.21. The average Bonchev–Trinajstić information content (AvgIpc) is 2.93. The number of likely N-dealkylation sites (N-methyl/N-ethyl adjacent to an activating group) is 1. The van der Waals surface area contributed by atoms with E-state index in [-0.39, 0.29) is 17.6 Å². The summed E-state index contributed by atoms with van der Waals surface area (Å²) in [6.07, 6.45) is -2.04. The molecule has 4 rings (SSSR count). The van der Waals surface area contributed by atoms with E-state index in [1.54, 1.807) is 26.1 Å². The number of ether oxygens (including phenoxy) is 1. The van der Waals surface area contributed by atoms with E-state index in [9.17, 15) is 13.6 Å². The van der Waals surface area contributed by atoms with Crippen LogP contribution < -0.4 is 15.8 Å². The van der Waals surface area contributed by atoms with Gasteiger partial charge in [0.25, 0.3) is 12.3 Å². The number of aliphatic imine (C=N–C) groups is 1. The number of halogens is 2. The standard InChI is InChI=1S/C22H24F2N4O2/c1-13-8-17(6-7-18(13)30-19(24)10-23)22(20(29)28(2)21(25)27-22)16-5-3-4-14(9-16)15-11-26-12-15/h3-9,15,19,26H,10-12H2,1-2H3,(H2,25,27). The highest BCUT2D eigenvalue weighted by Crippen LogP contribution is 2.41. The van der Waals surface area contributed by atoms with Crippen LogP contribution in [0.2, 0.25) is 0 Å². The van der Waals surface area contributed by atoms with Crippen molar-refractivity contribution < 1.29 is 18.3 Å². The van der Waals surface area contributed by atoms with Gasteiger partial charge in [-0.05, 0) is 41.3 Å². The van der Waals surface area contributed by atoms with E-state index in [1.165, 1.54) is 11.0 Å². The number of guanidine groups is 1. The molecule has 2 aromatic rings. The molecule has 0 aliphatic carbocycles. The van der Waals surface area contributed by atoms with Crippen molar-refractivity contribution in [3.05, 3.63) is 64.7 Å².